The molecule has 0 saturated carbocycles. The first kappa shape index (κ1) is 8.32. The van der Waals surface area contributed by atoms with Gasteiger partial charge in [0, 0.05) is 5.39 Å². The summed E-state index contributed by atoms with van der Waals surface area (Å²) in [6.07, 6.45) is 0. The predicted octanol–water partition coefficient (Wildman–Crippen LogP) is 1.23. The highest BCUT2D eigenvalue weighted by molar-refractivity contribution is 5.79. The van der Waals surface area contributed by atoms with Crippen LogP contribution in [-0.2, 0) is 0 Å². The Balaban J connectivity index is 3.01. The average Bonchev–Trinajstić information content (AvgIpc) is 2.23. The van der Waals surface area contributed by atoms with E-state index in [0.29, 0.717) is 10.2 Å². The van der Waals surface area contributed by atoms with E-state index in [4.69, 9.17) is 10.7 Å². The molecule has 0 radical (unpaired) electrons. The van der Waals surface area contributed by atoms with Crippen molar-refractivity contribution in [2.75, 3.05) is 0 Å². The molecule has 0 unspecified atom stereocenters. The van der Waals surface area contributed by atoms with Crippen LogP contribution in [0, 0.1) is 16.7 Å². The van der Waals surface area contributed by atoms with Crippen molar-refractivity contribution in [1.82, 2.24) is 4.73 Å². The monoisotopic (exact) mass is 185 g/mol. The molecule has 2 aromatic rings. The molecule has 4 heteroatoms. The van der Waals surface area contributed by atoms with Crippen molar-refractivity contribution in [3.05, 3.63) is 41.4 Å². The number of nitriles is 1. The molecule has 1 aromatic carbocycles. The second-order valence-electron chi connectivity index (χ2n) is 2.89. The molecule has 0 amide bonds. The first-order valence-corrected chi connectivity index (χ1v) is 4.03. The number of aromatic nitrogens is 1. The van der Waals surface area contributed by atoms with Crippen LogP contribution in [0.2, 0.25) is 0 Å². The highest BCUT2D eigenvalue weighted by Crippen LogP contribution is 2.11. The molecule has 0 aliphatic carbocycles. The van der Waals surface area contributed by atoms with E-state index in [9.17, 15) is 5.21 Å². The Bertz CT molecular complexity index is 592. The van der Waals surface area contributed by atoms with Gasteiger partial charge in [0.1, 0.15) is 6.07 Å². The molecule has 2 rings (SSSR count). The molecule has 68 valence electrons. The molecular weight excluding hydrogens is 178 g/mol. The maximum absolute atomic E-state index is 9.55. The van der Waals surface area contributed by atoms with Gasteiger partial charge in [0.25, 0.3) is 0 Å². The van der Waals surface area contributed by atoms with E-state index in [2.05, 4.69) is 0 Å². The molecule has 4 nitrogen and oxygen atoms in total. The van der Waals surface area contributed by atoms with Gasteiger partial charge in [0.05, 0.1) is 11.1 Å². The van der Waals surface area contributed by atoms with Gasteiger partial charge in [-0.15, -0.1) is 0 Å². The fourth-order valence-electron chi connectivity index (χ4n) is 1.35. The third-order valence-corrected chi connectivity index (χ3v) is 2.05. The van der Waals surface area contributed by atoms with E-state index in [1.54, 1.807) is 24.3 Å². The van der Waals surface area contributed by atoms with E-state index >= 15 is 0 Å². The number of nitrogens with zero attached hydrogens (tertiary/aromatic N) is 2. The van der Waals surface area contributed by atoms with Crippen molar-refractivity contribution in [3.63, 3.8) is 0 Å². The van der Waals surface area contributed by atoms with Crippen molar-refractivity contribution in [3.8, 4) is 6.07 Å². The zero-order valence-electron chi connectivity index (χ0n) is 7.23. The first-order chi connectivity index (χ1) is 6.74. The molecule has 1 heterocycles. The van der Waals surface area contributed by atoms with Crippen LogP contribution in [0.3, 0.4) is 0 Å². The summed E-state index contributed by atoms with van der Waals surface area (Å²) in [7, 11) is 0. The van der Waals surface area contributed by atoms with E-state index in [1.807, 2.05) is 12.1 Å². The molecule has 0 atom stereocenters. The van der Waals surface area contributed by atoms with Crippen molar-refractivity contribution in [1.29, 1.82) is 10.7 Å². The minimum absolute atomic E-state index is 0.159. The Morgan fingerprint density at radius 2 is 2.07 bits per heavy atom. The Kier molecular flexibility index (Phi) is 1.72. The Hall–Kier alpha value is -2.28. The number of fused-ring (bicyclic) bond motifs is 1. The summed E-state index contributed by atoms with van der Waals surface area (Å²) in [5, 5.41) is 26.5. The van der Waals surface area contributed by atoms with Crippen LogP contribution in [0.1, 0.15) is 5.56 Å². The number of nitrogens with one attached hydrogen (secondary N) is 1. The molecule has 0 aliphatic heterocycles. The van der Waals surface area contributed by atoms with Crippen molar-refractivity contribution in [2.45, 2.75) is 0 Å². The van der Waals surface area contributed by atoms with E-state index < -0.39 is 0 Å². The standard InChI is InChI=1S/C10H7N3O/c11-6-8-5-7-3-1-2-4-9(7)13(14)10(8)12/h1-5,12,14H. The summed E-state index contributed by atoms with van der Waals surface area (Å²) < 4.78 is 0.716. The van der Waals surface area contributed by atoms with Crippen molar-refractivity contribution in [2.24, 2.45) is 0 Å². The summed E-state index contributed by atoms with van der Waals surface area (Å²) >= 11 is 0. The molecule has 0 spiro atoms. The number of benzene rings is 1. The second kappa shape index (κ2) is 2.89. The maximum Gasteiger partial charge on any atom is 0.179 e. The summed E-state index contributed by atoms with van der Waals surface area (Å²) in [5.41, 5.74) is 0.494. The van der Waals surface area contributed by atoms with Gasteiger partial charge >= 0.3 is 0 Å². The zero-order valence-corrected chi connectivity index (χ0v) is 7.23. The summed E-state index contributed by atoms with van der Waals surface area (Å²) in [5.74, 6) is 0. The summed E-state index contributed by atoms with van der Waals surface area (Å²) in [6, 6.07) is 10.5. The van der Waals surface area contributed by atoms with Crippen LogP contribution < -0.4 is 5.49 Å². The topological polar surface area (TPSA) is 72.8 Å². The molecule has 0 fully saturated rings. The molecule has 0 aliphatic rings. The second-order valence-corrected chi connectivity index (χ2v) is 2.89. The number of hydrogen-bond donors (Lipinski definition) is 2. The lowest BCUT2D eigenvalue weighted by Gasteiger charge is -2.04. The van der Waals surface area contributed by atoms with Gasteiger partial charge in [-0.05, 0) is 12.1 Å². The number of rotatable bonds is 0. The van der Waals surface area contributed by atoms with Crippen LogP contribution in [0.5, 0.6) is 0 Å². The van der Waals surface area contributed by atoms with Crippen LogP contribution >= 0.6 is 0 Å². The van der Waals surface area contributed by atoms with Gasteiger partial charge < -0.3 is 5.21 Å². The van der Waals surface area contributed by atoms with Gasteiger partial charge in [-0.3, -0.25) is 5.41 Å². The number of hydrogen-bond acceptors (Lipinski definition) is 3. The molecular formula is C10H7N3O. The molecule has 1 aromatic heterocycles. The third-order valence-electron chi connectivity index (χ3n) is 2.05. The van der Waals surface area contributed by atoms with E-state index in [1.165, 1.54) is 0 Å². The maximum atomic E-state index is 9.55. The van der Waals surface area contributed by atoms with Crippen LogP contribution in [0.15, 0.2) is 30.3 Å². The Labute approximate surface area is 79.7 Å². The fourth-order valence-corrected chi connectivity index (χ4v) is 1.35. The van der Waals surface area contributed by atoms with Gasteiger partial charge in [-0.1, -0.05) is 18.2 Å². The predicted molar refractivity (Wildman–Crippen MR) is 49.7 cm³/mol. The zero-order chi connectivity index (χ0) is 10.1. The smallest absolute Gasteiger partial charge is 0.179 e. The molecule has 14 heavy (non-hydrogen) atoms. The van der Waals surface area contributed by atoms with Gasteiger partial charge in [0.15, 0.2) is 5.49 Å². The highest BCUT2D eigenvalue weighted by atomic mass is 16.5. The van der Waals surface area contributed by atoms with Crippen molar-refractivity contribution < 1.29 is 5.21 Å². The highest BCUT2D eigenvalue weighted by Gasteiger charge is 2.03. The molecule has 0 bridgehead atoms. The number of para-hydroxylation sites is 1. The average molecular weight is 185 g/mol. The van der Waals surface area contributed by atoms with Crippen LogP contribution in [0.25, 0.3) is 10.9 Å². The van der Waals surface area contributed by atoms with E-state index in [0.717, 1.165) is 5.39 Å². The van der Waals surface area contributed by atoms with Crippen molar-refractivity contribution >= 4 is 10.9 Å². The lowest BCUT2D eigenvalue weighted by atomic mass is 10.2. The van der Waals surface area contributed by atoms with E-state index in [-0.39, 0.29) is 11.1 Å². The van der Waals surface area contributed by atoms with Gasteiger partial charge in [0.2, 0.25) is 0 Å². The number of pyridine rings is 1. The van der Waals surface area contributed by atoms with Gasteiger partial charge in [-0.2, -0.15) is 9.99 Å². The quantitative estimate of drug-likeness (QED) is 0.606. The molecule has 0 saturated heterocycles. The minimum atomic E-state index is -0.189. The SMILES string of the molecule is N#Cc1cc2ccccc2n(O)c1=N. The van der Waals surface area contributed by atoms with Crippen LogP contribution in [-0.4, -0.2) is 9.94 Å². The lowest BCUT2D eigenvalue weighted by molar-refractivity contribution is 0.184. The molecule has 2 N–H and O–H groups in total. The largest absolute Gasteiger partial charge is 0.426 e. The fraction of sp³-hybridized carbons (Fsp3) is 0. The third kappa shape index (κ3) is 1.04. The van der Waals surface area contributed by atoms with Gasteiger partial charge in [-0.25, -0.2) is 0 Å². The van der Waals surface area contributed by atoms with Crippen LogP contribution in [0.4, 0.5) is 0 Å². The Morgan fingerprint density at radius 3 is 2.79 bits per heavy atom. The lowest BCUT2D eigenvalue weighted by Crippen LogP contribution is -2.20. The minimum Gasteiger partial charge on any atom is -0.426 e. The summed E-state index contributed by atoms with van der Waals surface area (Å²) in [6.45, 7) is 0. The normalized spacial score (nSPS) is 9.93. The first-order valence-electron chi connectivity index (χ1n) is 4.03. The summed E-state index contributed by atoms with van der Waals surface area (Å²) in [4.78, 5) is 0. The Morgan fingerprint density at radius 1 is 1.36 bits per heavy atom.